The lowest BCUT2D eigenvalue weighted by Crippen LogP contribution is -2.18. The normalized spacial score (nSPS) is 17.1. The molecule has 0 aromatic carbocycles. The van der Waals surface area contributed by atoms with Gasteiger partial charge in [-0.2, -0.15) is 0 Å². The summed E-state index contributed by atoms with van der Waals surface area (Å²) in [5.41, 5.74) is 3.49. The molecule has 17 heavy (non-hydrogen) atoms. The van der Waals surface area contributed by atoms with Crippen LogP contribution in [0.2, 0.25) is 5.28 Å². The molecule has 0 unspecified atom stereocenters. The highest BCUT2D eigenvalue weighted by atomic mass is 35.5. The second kappa shape index (κ2) is 4.31. The van der Waals surface area contributed by atoms with E-state index in [-0.39, 0.29) is 0 Å². The summed E-state index contributed by atoms with van der Waals surface area (Å²) in [6, 6.07) is 4.21. The van der Waals surface area contributed by atoms with Crippen molar-refractivity contribution in [3.63, 3.8) is 0 Å². The summed E-state index contributed by atoms with van der Waals surface area (Å²) in [5.74, 6) is 0. The third-order valence-corrected chi connectivity index (χ3v) is 3.67. The van der Waals surface area contributed by atoms with E-state index in [1.807, 2.05) is 10.6 Å². The van der Waals surface area contributed by atoms with Crippen molar-refractivity contribution in [1.82, 2.24) is 14.3 Å². The molecule has 0 spiro atoms. The van der Waals surface area contributed by atoms with Crippen molar-refractivity contribution >= 4 is 17.1 Å². The Hall–Kier alpha value is -1.06. The van der Waals surface area contributed by atoms with Crippen LogP contribution in [-0.2, 0) is 6.54 Å². The average molecular weight is 250 g/mol. The van der Waals surface area contributed by atoms with Gasteiger partial charge < -0.3 is 0 Å². The van der Waals surface area contributed by atoms with Crippen LogP contribution in [-0.4, -0.2) is 27.4 Å². The van der Waals surface area contributed by atoms with Gasteiger partial charge in [-0.25, -0.2) is 4.98 Å². The number of likely N-dealkylation sites (tertiary alicyclic amines) is 1. The van der Waals surface area contributed by atoms with E-state index in [1.165, 1.54) is 31.5 Å². The average Bonchev–Trinajstić information content (AvgIpc) is 2.89. The lowest BCUT2D eigenvalue weighted by atomic mass is 10.2. The van der Waals surface area contributed by atoms with E-state index in [0.29, 0.717) is 5.28 Å². The van der Waals surface area contributed by atoms with Crippen LogP contribution < -0.4 is 0 Å². The van der Waals surface area contributed by atoms with Gasteiger partial charge in [0.25, 0.3) is 0 Å². The van der Waals surface area contributed by atoms with E-state index in [2.05, 4.69) is 28.9 Å². The molecule has 1 saturated heterocycles. The zero-order valence-corrected chi connectivity index (χ0v) is 10.7. The van der Waals surface area contributed by atoms with Gasteiger partial charge in [0, 0.05) is 12.7 Å². The summed E-state index contributed by atoms with van der Waals surface area (Å²) >= 11 is 6.15. The molecule has 0 aliphatic carbocycles. The molecule has 0 bridgehead atoms. The van der Waals surface area contributed by atoms with Crippen LogP contribution in [0.4, 0.5) is 0 Å². The highest BCUT2D eigenvalue weighted by Crippen LogP contribution is 2.21. The Morgan fingerprint density at radius 2 is 2.12 bits per heavy atom. The predicted octanol–water partition coefficient (Wildman–Crippen LogP) is 2.89. The maximum atomic E-state index is 6.15. The fourth-order valence-corrected chi connectivity index (χ4v) is 2.73. The number of halogens is 1. The van der Waals surface area contributed by atoms with Crippen LogP contribution in [0.25, 0.3) is 5.52 Å². The van der Waals surface area contributed by atoms with Crippen LogP contribution in [0, 0.1) is 6.92 Å². The maximum absolute atomic E-state index is 6.15. The number of aromatic nitrogens is 2. The number of fused-ring (bicyclic) bond motifs is 1. The number of imidazole rings is 1. The third kappa shape index (κ3) is 2.05. The number of hydrogen-bond donors (Lipinski definition) is 0. The molecule has 1 aliphatic heterocycles. The first-order valence-corrected chi connectivity index (χ1v) is 6.47. The molecule has 0 saturated carbocycles. The van der Waals surface area contributed by atoms with Gasteiger partial charge in [-0.1, -0.05) is 0 Å². The molecule has 0 N–H and O–H groups in total. The molecule has 3 heterocycles. The van der Waals surface area contributed by atoms with Crippen molar-refractivity contribution in [3.05, 3.63) is 34.9 Å². The Morgan fingerprint density at radius 1 is 1.35 bits per heavy atom. The van der Waals surface area contributed by atoms with Gasteiger partial charge in [-0.05, 0) is 62.2 Å². The number of aryl methyl sites for hydroxylation is 1. The SMILES string of the molecule is Cc1ccn2c(Cl)nc(CN3CCCC3)c2c1. The summed E-state index contributed by atoms with van der Waals surface area (Å²) in [4.78, 5) is 6.93. The fraction of sp³-hybridized carbons (Fsp3) is 0.462. The van der Waals surface area contributed by atoms with E-state index in [4.69, 9.17) is 11.6 Å². The molecule has 2 aromatic rings. The molecular weight excluding hydrogens is 234 g/mol. The van der Waals surface area contributed by atoms with Gasteiger partial charge in [0.1, 0.15) is 0 Å². The molecule has 0 amide bonds. The van der Waals surface area contributed by atoms with Gasteiger partial charge in [0.15, 0.2) is 0 Å². The number of hydrogen-bond acceptors (Lipinski definition) is 2. The zero-order chi connectivity index (χ0) is 11.8. The molecule has 3 rings (SSSR count). The summed E-state index contributed by atoms with van der Waals surface area (Å²) in [7, 11) is 0. The summed E-state index contributed by atoms with van der Waals surface area (Å²) in [5, 5.41) is 0.564. The maximum Gasteiger partial charge on any atom is 0.207 e. The minimum atomic E-state index is 0.564. The fourth-order valence-electron chi connectivity index (χ4n) is 2.48. The van der Waals surface area contributed by atoms with Crippen molar-refractivity contribution < 1.29 is 0 Å². The Labute approximate surface area is 106 Å². The molecule has 4 heteroatoms. The highest BCUT2D eigenvalue weighted by Gasteiger charge is 2.16. The topological polar surface area (TPSA) is 20.5 Å². The Morgan fingerprint density at radius 3 is 2.88 bits per heavy atom. The first-order valence-electron chi connectivity index (χ1n) is 6.09. The first kappa shape index (κ1) is 11.1. The van der Waals surface area contributed by atoms with E-state index in [9.17, 15) is 0 Å². The summed E-state index contributed by atoms with van der Waals surface area (Å²) in [6.45, 7) is 5.38. The number of nitrogens with zero attached hydrogens (tertiary/aromatic N) is 3. The second-order valence-corrected chi connectivity index (χ2v) is 5.11. The van der Waals surface area contributed by atoms with E-state index >= 15 is 0 Å². The monoisotopic (exact) mass is 249 g/mol. The molecule has 90 valence electrons. The summed E-state index contributed by atoms with van der Waals surface area (Å²) in [6.07, 6.45) is 4.60. The number of rotatable bonds is 2. The largest absolute Gasteiger partial charge is 0.297 e. The van der Waals surface area contributed by atoms with Crippen molar-refractivity contribution in [1.29, 1.82) is 0 Å². The Balaban J connectivity index is 2.00. The standard InChI is InChI=1S/C13H16ClN3/c1-10-4-7-17-12(8-10)11(15-13(17)14)9-16-5-2-3-6-16/h4,7-8H,2-3,5-6,9H2,1H3. The Kier molecular flexibility index (Phi) is 2.81. The van der Waals surface area contributed by atoms with Crippen molar-refractivity contribution in [2.75, 3.05) is 13.1 Å². The minimum Gasteiger partial charge on any atom is -0.297 e. The lowest BCUT2D eigenvalue weighted by molar-refractivity contribution is 0.329. The minimum absolute atomic E-state index is 0.564. The van der Waals surface area contributed by atoms with Crippen molar-refractivity contribution in [3.8, 4) is 0 Å². The van der Waals surface area contributed by atoms with Gasteiger partial charge in [-0.15, -0.1) is 0 Å². The molecule has 1 aliphatic rings. The zero-order valence-electron chi connectivity index (χ0n) is 9.99. The van der Waals surface area contributed by atoms with Crippen molar-refractivity contribution in [2.45, 2.75) is 26.3 Å². The molecule has 0 radical (unpaired) electrons. The van der Waals surface area contributed by atoms with Crippen LogP contribution in [0.1, 0.15) is 24.1 Å². The molecule has 2 aromatic heterocycles. The molecule has 1 fully saturated rings. The van der Waals surface area contributed by atoms with E-state index in [0.717, 1.165) is 17.8 Å². The molecule has 0 atom stereocenters. The number of pyridine rings is 1. The highest BCUT2D eigenvalue weighted by molar-refractivity contribution is 6.28. The van der Waals surface area contributed by atoms with Crippen LogP contribution >= 0.6 is 11.6 Å². The van der Waals surface area contributed by atoms with E-state index < -0.39 is 0 Å². The molecular formula is C13H16ClN3. The Bertz CT molecular complexity index is 541. The smallest absolute Gasteiger partial charge is 0.207 e. The van der Waals surface area contributed by atoms with Gasteiger partial charge in [0.2, 0.25) is 5.28 Å². The summed E-state index contributed by atoms with van der Waals surface area (Å²) < 4.78 is 1.96. The third-order valence-electron chi connectivity index (χ3n) is 3.40. The van der Waals surface area contributed by atoms with Crippen LogP contribution in [0.15, 0.2) is 18.3 Å². The van der Waals surface area contributed by atoms with E-state index in [1.54, 1.807) is 0 Å². The van der Waals surface area contributed by atoms with Gasteiger partial charge in [0.05, 0.1) is 11.2 Å². The lowest BCUT2D eigenvalue weighted by Gasteiger charge is -2.12. The molecule has 3 nitrogen and oxygen atoms in total. The predicted molar refractivity (Wildman–Crippen MR) is 69.5 cm³/mol. The quantitative estimate of drug-likeness (QED) is 0.816. The van der Waals surface area contributed by atoms with Crippen molar-refractivity contribution in [2.24, 2.45) is 0 Å². The van der Waals surface area contributed by atoms with Crippen LogP contribution in [0.5, 0.6) is 0 Å². The van der Waals surface area contributed by atoms with Gasteiger partial charge >= 0.3 is 0 Å². The first-order chi connectivity index (χ1) is 8.24. The van der Waals surface area contributed by atoms with Crippen LogP contribution in [0.3, 0.4) is 0 Å². The van der Waals surface area contributed by atoms with Gasteiger partial charge in [-0.3, -0.25) is 9.30 Å². The second-order valence-electron chi connectivity index (χ2n) is 4.77.